The second-order valence-corrected chi connectivity index (χ2v) is 7.75. The molecule has 7 nitrogen and oxygen atoms in total. The molecule has 1 amide bonds. The van der Waals surface area contributed by atoms with Gasteiger partial charge in [-0.25, -0.2) is 18.2 Å². The molecule has 180 valence electrons. The van der Waals surface area contributed by atoms with E-state index in [0.717, 1.165) is 18.5 Å². The van der Waals surface area contributed by atoms with Crippen LogP contribution in [0, 0.1) is 5.82 Å². The van der Waals surface area contributed by atoms with Crippen LogP contribution in [0.2, 0.25) is 0 Å². The van der Waals surface area contributed by atoms with Crippen molar-refractivity contribution in [3.8, 4) is 0 Å². The van der Waals surface area contributed by atoms with Gasteiger partial charge < -0.3 is 15.4 Å². The van der Waals surface area contributed by atoms with Crippen LogP contribution in [-0.2, 0) is 4.79 Å². The number of nitrogens with zero attached hydrogens (tertiary/aromatic N) is 2. The van der Waals surface area contributed by atoms with Gasteiger partial charge in [-0.05, 0) is 30.7 Å². The number of aromatic amines is 1. The summed E-state index contributed by atoms with van der Waals surface area (Å²) in [5.74, 6) is -6.16. The fourth-order valence-electron chi connectivity index (χ4n) is 3.57. The highest BCUT2D eigenvalue weighted by Crippen LogP contribution is 2.41. The topological polar surface area (TPSA) is 98.3 Å². The van der Waals surface area contributed by atoms with Gasteiger partial charge in [-0.1, -0.05) is 0 Å². The molecule has 13 heteroatoms. The van der Waals surface area contributed by atoms with Crippen LogP contribution in [-0.4, -0.2) is 57.1 Å². The maximum absolute atomic E-state index is 14.7. The number of piperidine rings is 1. The molecule has 2 aromatic heterocycles. The first-order valence-electron chi connectivity index (χ1n) is 9.81. The standard InChI is InChI=1S/C20H20F6N4O3/c1-10(17(32)29-15-3-2-12(21)8-27-15)30-5-4-19(22,23)14(9-30)11-6-13(18(33)28-7-11)16(31)20(24,25)26/h2-3,6-8,10,14,16,31H,4-5,9H2,1H3,(H,28,33)(H,27,29,32)/t10?,14-,16?/m1/s1. The van der Waals surface area contributed by atoms with Gasteiger partial charge in [-0.2, -0.15) is 13.2 Å². The Bertz CT molecular complexity index is 1060. The van der Waals surface area contributed by atoms with Gasteiger partial charge in [0.25, 0.3) is 11.5 Å². The number of rotatable bonds is 5. The van der Waals surface area contributed by atoms with Crippen LogP contribution < -0.4 is 10.9 Å². The van der Waals surface area contributed by atoms with Crippen LogP contribution in [0.15, 0.2) is 35.4 Å². The van der Waals surface area contributed by atoms with Gasteiger partial charge in [0.2, 0.25) is 5.91 Å². The number of hydrogen-bond acceptors (Lipinski definition) is 5. The number of pyridine rings is 2. The van der Waals surface area contributed by atoms with E-state index >= 15 is 0 Å². The number of likely N-dealkylation sites (tertiary alicyclic amines) is 1. The summed E-state index contributed by atoms with van der Waals surface area (Å²) < 4.78 is 81.0. The summed E-state index contributed by atoms with van der Waals surface area (Å²) in [6.07, 6.45) is -7.22. The number of hydrogen-bond donors (Lipinski definition) is 3. The summed E-state index contributed by atoms with van der Waals surface area (Å²) >= 11 is 0. The quantitative estimate of drug-likeness (QED) is 0.575. The van der Waals surface area contributed by atoms with Gasteiger partial charge in [-0.15, -0.1) is 0 Å². The zero-order valence-electron chi connectivity index (χ0n) is 17.2. The summed E-state index contributed by atoms with van der Waals surface area (Å²) in [6, 6.07) is 1.99. The minimum absolute atomic E-state index is 0.0542. The van der Waals surface area contributed by atoms with Crippen molar-refractivity contribution in [3.05, 3.63) is 57.9 Å². The van der Waals surface area contributed by atoms with Crippen molar-refractivity contribution in [2.24, 2.45) is 0 Å². The normalized spacial score (nSPS) is 20.8. The first-order valence-corrected chi connectivity index (χ1v) is 9.81. The zero-order valence-corrected chi connectivity index (χ0v) is 17.2. The van der Waals surface area contributed by atoms with E-state index in [2.05, 4.69) is 10.3 Å². The number of halogens is 6. The lowest BCUT2D eigenvalue weighted by molar-refractivity contribution is -0.207. The molecule has 1 fully saturated rings. The Kier molecular flexibility index (Phi) is 6.84. The third-order valence-electron chi connectivity index (χ3n) is 5.53. The van der Waals surface area contributed by atoms with Crippen molar-refractivity contribution in [1.82, 2.24) is 14.9 Å². The van der Waals surface area contributed by atoms with Crippen molar-refractivity contribution < 1.29 is 36.2 Å². The summed E-state index contributed by atoms with van der Waals surface area (Å²) in [7, 11) is 0. The van der Waals surface area contributed by atoms with E-state index in [1.165, 1.54) is 17.9 Å². The number of carbonyl (C=O) groups is 1. The monoisotopic (exact) mass is 478 g/mol. The third kappa shape index (κ3) is 5.53. The van der Waals surface area contributed by atoms with Gasteiger partial charge in [0.15, 0.2) is 6.10 Å². The van der Waals surface area contributed by atoms with Crippen LogP contribution in [0.5, 0.6) is 0 Å². The molecular weight excluding hydrogens is 458 g/mol. The molecule has 33 heavy (non-hydrogen) atoms. The molecule has 2 aromatic rings. The lowest BCUT2D eigenvalue weighted by atomic mass is 9.86. The molecule has 0 bridgehead atoms. The third-order valence-corrected chi connectivity index (χ3v) is 5.53. The maximum Gasteiger partial charge on any atom is 0.418 e. The molecule has 1 aliphatic heterocycles. The number of H-pyrrole nitrogens is 1. The van der Waals surface area contributed by atoms with Crippen molar-refractivity contribution in [1.29, 1.82) is 0 Å². The molecule has 2 unspecified atom stereocenters. The van der Waals surface area contributed by atoms with Crippen LogP contribution in [0.3, 0.4) is 0 Å². The maximum atomic E-state index is 14.7. The van der Waals surface area contributed by atoms with E-state index in [-0.39, 0.29) is 17.9 Å². The van der Waals surface area contributed by atoms with Crippen LogP contribution in [0.4, 0.5) is 32.2 Å². The van der Waals surface area contributed by atoms with E-state index in [1.807, 2.05) is 4.98 Å². The second-order valence-electron chi connectivity index (χ2n) is 7.75. The number of aromatic nitrogens is 2. The first-order chi connectivity index (χ1) is 15.3. The SMILES string of the molecule is CC(C(=O)Nc1ccc(F)cn1)N1CCC(F)(F)[C@@H](c2c[nH]c(=O)c(C(O)C(F)(F)F)c2)C1. The largest absolute Gasteiger partial charge is 0.418 e. The van der Waals surface area contributed by atoms with Gasteiger partial charge in [0, 0.05) is 25.7 Å². The number of nitrogens with one attached hydrogen (secondary N) is 2. The lowest BCUT2D eigenvalue weighted by Gasteiger charge is -2.40. The summed E-state index contributed by atoms with van der Waals surface area (Å²) in [4.78, 5) is 31.4. The number of amides is 1. The Morgan fingerprint density at radius 2 is 2.06 bits per heavy atom. The van der Waals surface area contributed by atoms with E-state index in [4.69, 9.17) is 0 Å². The fourth-order valence-corrected chi connectivity index (χ4v) is 3.57. The molecule has 3 atom stereocenters. The van der Waals surface area contributed by atoms with Crippen molar-refractivity contribution in [2.45, 2.75) is 43.5 Å². The highest BCUT2D eigenvalue weighted by atomic mass is 19.4. The van der Waals surface area contributed by atoms with Gasteiger partial charge in [0.05, 0.1) is 23.7 Å². The molecule has 1 aliphatic rings. The average molecular weight is 478 g/mol. The fraction of sp³-hybridized carbons (Fsp3) is 0.450. The molecule has 0 saturated carbocycles. The Hall–Kier alpha value is -2.93. The van der Waals surface area contributed by atoms with E-state index in [1.54, 1.807) is 0 Å². The zero-order chi connectivity index (χ0) is 24.6. The number of aliphatic hydroxyl groups is 1. The van der Waals surface area contributed by atoms with Gasteiger partial charge >= 0.3 is 6.18 Å². The summed E-state index contributed by atoms with van der Waals surface area (Å²) in [5.41, 5.74) is -2.66. The first kappa shape index (κ1) is 24.7. The highest BCUT2D eigenvalue weighted by molar-refractivity contribution is 5.93. The molecule has 0 spiro atoms. The Morgan fingerprint density at radius 3 is 2.67 bits per heavy atom. The summed E-state index contributed by atoms with van der Waals surface area (Å²) in [6.45, 7) is 0.855. The predicted octanol–water partition coefficient (Wildman–Crippen LogP) is 2.96. The van der Waals surface area contributed by atoms with Gasteiger partial charge in [0.1, 0.15) is 11.6 Å². The number of carbonyl (C=O) groups excluding carboxylic acids is 1. The number of aliphatic hydroxyl groups excluding tert-OH is 1. The Balaban J connectivity index is 1.82. The highest BCUT2D eigenvalue weighted by Gasteiger charge is 2.47. The van der Waals surface area contributed by atoms with E-state index in [0.29, 0.717) is 6.07 Å². The summed E-state index contributed by atoms with van der Waals surface area (Å²) in [5, 5.41) is 11.9. The van der Waals surface area contributed by atoms with Crippen LogP contribution in [0.25, 0.3) is 0 Å². The smallest absolute Gasteiger partial charge is 0.379 e. The molecule has 0 radical (unpaired) electrons. The average Bonchev–Trinajstić information content (AvgIpc) is 2.74. The molecule has 3 rings (SSSR count). The van der Waals surface area contributed by atoms with E-state index in [9.17, 15) is 41.0 Å². The minimum Gasteiger partial charge on any atom is -0.379 e. The number of alkyl halides is 5. The Labute approximate surface area is 183 Å². The van der Waals surface area contributed by atoms with Crippen molar-refractivity contribution in [2.75, 3.05) is 18.4 Å². The van der Waals surface area contributed by atoms with E-state index < -0.39 is 66.0 Å². The van der Waals surface area contributed by atoms with Crippen LogP contribution in [0.1, 0.15) is 36.5 Å². The van der Waals surface area contributed by atoms with Crippen molar-refractivity contribution in [3.63, 3.8) is 0 Å². The van der Waals surface area contributed by atoms with Crippen LogP contribution >= 0.6 is 0 Å². The Morgan fingerprint density at radius 1 is 1.36 bits per heavy atom. The molecule has 0 aromatic carbocycles. The molecule has 0 aliphatic carbocycles. The molecule has 3 heterocycles. The number of anilines is 1. The second kappa shape index (κ2) is 9.14. The molecular formula is C20H20F6N4O3. The predicted molar refractivity (Wildman–Crippen MR) is 104 cm³/mol. The van der Waals surface area contributed by atoms with Crippen molar-refractivity contribution >= 4 is 11.7 Å². The minimum atomic E-state index is -5.16. The molecule has 1 saturated heterocycles. The molecule has 3 N–H and O–H groups in total. The lowest BCUT2D eigenvalue weighted by Crippen LogP contribution is -2.52. The van der Waals surface area contributed by atoms with Gasteiger partial charge in [-0.3, -0.25) is 14.5 Å².